The van der Waals surface area contributed by atoms with E-state index in [9.17, 15) is 0 Å². The van der Waals surface area contributed by atoms with Gasteiger partial charge in [-0.15, -0.1) is 0 Å². The van der Waals surface area contributed by atoms with Gasteiger partial charge in [0, 0.05) is 11.9 Å². The first-order chi connectivity index (χ1) is 7.31. The van der Waals surface area contributed by atoms with Gasteiger partial charge in [0.25, 0.3) is 0 Å². The Morgan fingerprint density at radius 1 is 1.20 bits per heavy atom. The molecule has 3 nitrogen and oxygen atoms in total. The van der Waals surface area contributed by atoms with Crippen LogP contribution in [0, 0.1) is 0 Å². The highest BCUT2D eigenvalue weighted by Crippen LogP contribution is 2.20. The normalized spacial score (nSPS) is 12.4. The van der Waals surface area contributed by atoms with E-state index in [-0.39, 0.29) is 6.04 Å². The molecule has 0 fully saturated rings. The quantitative estimate of drug-likeness (QED) is 0.800. The third-order valence-electron chi connectivity index (χ3n) is 2.43. The van der Waals surface area contributed by atoms with E-state index in [1.54, 1.807) is 7.11 Å². The van der Waals surface area contributed by atoms with Gasteiger partial charge in [-0.2, -0.15) is 0 Å². The molecule has 1 unspecified atom stereocenters. The lowest BCUT2D eigenvalue weighted by Crippen LogP contribution is -2.11. The van der Waals surface area contributed by atoms with Crippen molar-refractivity contribution in [1.29, 1.82) is 0 Å². The summed E-state index contributed by atoms with van der Waals surface area (Å²) in [6.07, 6.45) is 1.87. The predicted molar refractivity (Wildman–Crippen MR) is 59.8 cm³/mol. The summed E-state index contributed by atoms with van der Waals surface area (Å²) in [6, 6.07) is 11.6. The molecule has 78 valence electrons. The summed E-state index contributed by atoms with van der Waals surface area (Å²) in [6.45, 7) is 0. The first kappa shape index (κ1) is 9.80. The Bertz CT molecular complexity index is 406. The molecule has 0 bridgehead atoms. The van der Waals surface area contributed by atoms with E-state index >= 15 is 0 Å². The summed E-state index contributed by atoms with van der Waals surface area (Å²) in [7, 11) is 1.65. The lowest BCUT2D eigenvalue weighted by molar-refractivity contribution is 0.414. The molecule has 0 spiro atoms. The molecule has 0 radical (unpaired) electrons. The molecule has 0 aliphatic carbocycles. The van der Waals surface area contributed by atoms with Crippen molar-refractivity contribution in [3.8, 4) is 5.75 Å². The fourth-order valence-electron chi connectivity index (χ4n) is 1.53. The Kier molecular flexibility index (Phi) is 2.74. The van der Waals surface area contributed by atoms with Gasteiger partial charge in [-0.3, -0.25) is 0 Å². The second kappa shape index (κ2) is 4.19. The summed E-state index contributed by atoms with van der Waals surface area (Å²) in [5, 5.41) is 0. The third-order valence-corrected chi connectivity index (χ3v) is 2.43. The maximum atomic E-state index is 6.08. The smallest absolute Gasteiger partial charge is 0.118 e. The SMILES string of the molecule is COc1ccc(C(N)c2ccc[nH]2)cc1. The number of hydrogen-bond acceptors (Lipinski definition) is 2. The molecule has 0 saturated carbocycles. The minimum Gasteiger partial charge on any atom is -0.497 e. The Morgan fingerprint density at radius 3 is 2.47 bits per heavy atom. The Balaban J connectivity index is 2.22. The van der Waals surface area contributed by atoms with Gasteiger partial charge in [0.15, 0.2) is 0 Å². The molecule has 0 aliphatic heterocycles. The molecule has 0 aliphatic rings. The highest BCUT2D eigenvalue weighted by Gasteiger charge is 2.08. The number of rotatable bonds is 3. The number of aromatic amines is 1. The number of H-pyrrole nitrogens is 1. The van der Waals surface area contributed by atoms with Crippen LogP contribution in [0.5, 0.6) is 5.75 Å². The maximum absolute atomic E-state index is 6.08. The van der Waals surface area contributed by atoms with Crippen LogP contribution in [0.4, 0.5) is 0 Å². The molecule has 1 atom stereocenters. The molecule has 3 heteroatoms. The second-order valence-corrected chi connectivity index (χ2v) is 3.38. The molecular formula is C12H14N2O. The lowest BCUT2D eigenvalue weighted by Gasteiger charge is -2.10. The van der Waals surface area contributed by atoms with Crippen molar-refractivity contribution in [2.24, 2.45) is 5.73 Å². The molecule has 2 rings (SSSR count). The summed E-state index contributed by atoms with van der Waals surface area (Å²) in [5.41, 5.74) is 8.16. The van der Waals surface area contributed by atoms with Gasteiger partial charge >= 0.3 is 0 Å². The average Bonchev–Trinajstić information content (AvgIpc) is 2.82. The van der Waals surface area contributed by atoms with Crippen LogP contribution in [0.15, 0.2) is 42.6 Å². The highest BCUT2D eigenvalue weighted by atomic mass is 16.5. The number of nitrogens with one attached hydrogen (secondary N) is 1. The van der Waals surface area contributed by atoms with Crippen molar-refractivity contribution in [3.05, 3.63) is 53.9 Å². The van der Waals surface area contributed by atoms with E-state index in [0.29, 0.717) is 0 Å². The van der Waals surface area contributed by atoms with Crippen LogP contribution in [0.1, 0.15) is 17.3 Å². The number of ether oxygens (including phenoxy) is 1. The van der Waals surface area contributed by atoms with Crippen molar-refractivity contribution >= 4 is 0 Å². The van der Waals surface area contributed by atoms with Crippen LogP contribution in [-0.2, 0) is 0 Å². The third kappa shape index (κ3) is 2.02. The van der Waals surface area contributed by atoms with E-state index < -0.39 is 0 Å². The van der Waals surface area contributed by atoms with Crippen LogP contribution < -0.4 is 10.5 Å². The Morgan fingerprint density at radius 2 is 1.93 bits per heavy atom. The number of benzene rings is 1. The van der Waals surface area contributed by atoms with Crippen molar-refractivity contribution < 1.29 is 4.74 Å². The van der Waals surface area contributed by atoms with Crippen molar-refractivity contribution in [2.75, 3.05) is 7.11 Å². The first-order valence-corrected chi connectivity index (χ1v) is 4.84. The van der Waals surface area contributed by atoms with E-state index in [1.165, 1.54) is 0 Å². The van der Waals surface area contributed by atoms with Crippen molar-refractivity contribution in [2.45, 2.75) is 6.04 Å². The summed E-state index contributed by atoms with van der Waals surface area (Å²) in [4.78, 5) is 3.11. The lowest BCUT2D eigenvalue weighted by atomic mass is 10.1. The standard InChI is InChI=1S/C12H14N2O/c1-15-10-6-4-9(5-7-10)12(13)11-3-2-8-14-11/h2-8,12,14H,13H2,1H3. The van der Waals surface area contributed by atoms with E-state index in [1.807, 2.05) is 42.6 Å². The summed E-state index contributed by atoms with van der Waals surface area (Å²) in [5.74, 6) is 0.845. The van der Waals surface area contributed by atoms with Gasteiger partial charge < -0.3 is 15.5 Å². The van der Waals surface area contributed by atoms with Crippen LogP contribution in [-0.4, -0.2) is 12.1 Å². The zero-order valence-electron chi connectivity index (χ0n) is 8.60. The van der Waals surface area contributed by atoms with Crippen LogP contribution in [0.2, 0.25) is 0 Å². The first-order valence-electron chi connectivity index (χ1n) is 4.84. The molecule has 3 N–H and O–H groups in total. The van der Waals surface area contributed by atoms with Crippen LogP contribution in [0.25, 0.3) is 0 Å². The van der Waals surface area contributed by atoms with E-state index in [0.717, 1.165) is 17.0 Å². The fourth-order valence-corrected chi connectivity index (χ4v) is 1.53. The highest BCUT2D eigenvalue weighted by molar-refractivity contribution is 5.32. The maximum Gasteiger partial charge on any atom is 0.118 e. The number of nitrogens with two attached hydrogens (primary N) is 1. The number of aromatic nitrogens is 1. The van der Waals surface area contributed by atoms with Gasteiger partial charge in [-0.05, 0) is 29.8 Å². The topological polar surface area (TPSA) is 51.0 Å². The molecule has 15 heavy (non-hydrogen) atoms. The molecular weight excluding hydrogens is 188 g/mol. The minimum absolute atomic E-state index is 0.106. The molecule has 1 aromatic carbocycles. The molecule has 1 aromatic heterocycles. The van der Waals surface area contributed by atoms with Crippen molar-refractivity contribution in [3.63, 3.8) is 0 Å². The Labute approximate surface area is 88.9 Å². The zero-order chi connectivity index (χ0) is 10.7. The Hall–Kier alpha value is -1.74. The minimum atomic E-state index is -0.106. The summed E-state index contributed by atoms with van der Waals surface area (Å²) >= 11 is 0. The van der Waals surface area contributed by atoms with Crippen molar-refractivity contribution in [1.82, 2.24) is 4.98 Å². The zero-order valence-corrected chi connectivity index (χ0v) is 8.60. The predicted octanol–water partition coefficient (Wildman–Crippen LogP) is 2.07. The molecule has 0 saturated heterocycles. The van der Waals surface area contributed by atoms with Gasteiger partial charge in [0.2, 0.25) is 0 Å². The van der Waals surface area contributed by atoms with Crippen LogP contribution >= 0.6 is 0 Å². The van der Waals surface area contributed by atoms with E-state index in [2.05, 4.69) is 4.98 Å². The van der Waals surface area contributed by atoms with Gasteiger partial charge in [0.05, 0.1) is 13.2 Å². The van der Waals surface area contributed by atoms with Crippen LogP contribution in [0.3, 0.4) is 0 Å². The second-order valence-electron chi connectivity index (χ2n) is 3.38. The summed E-state index contributed by atoms with van der Waals surface area (Å²) < 4.78 is 5.09. The van der Waals surface area contributed by atoms with Gasteiger partial charge in [-0.1, -0.05) is 12.1 Å². The van der Waals surface area contributed by atoms with Gasteiger partial charge in [0.1, 0.15) is 5.75 Å². The largest absolute Gasteiger partial charge is 0.497 e. The monoisotopic (exact) mass is 202 g/mol. The van der Waals surface area contributed by atoms with E-state index in [4.69, 9.17) is 10.5 Å². The van der Waals surface area contributed by atoms with Gasteiger partial charge in [-0.25, -0.2) is 0 Å². The number of hydrogen-bond donors (Lipinski definition) is 2. The fraction of sp³-hybridized carbons (Fsp3) is 0.167. The number of methoxy groups -OCH3 is 1. The molecule has 2 aromatic rings. The average molecular weight is 202 g/mol. The molecule has 0 amide bonds. The molecule has 1 heterocycles.